The lowest BCUT2D eigenvalue weighted by atomic mass is 10.2. The van der Waals surface area contributed by atoms with Gasteiger partial charge in [-0.2, -0.15) is 4.99 Å². The first kappa shape index (κ1) is 17.0. The fourth-order valence-corrected chi connectivity index (χ4v) is 2.44. The molecule has 3 rings (SSSR count). The van der Waals surface area contributed by atoms with Gasteiger partial charge in [0.15, 0.2) is 6.61 Å². The van der Waals surface area contributed by atoms with Gasteiger partial charge in [-0.3, -0.25) is 4.79 Å². The molecule has 0 unspecified atom stereocenters. The van der Waals surface area contributed by atoms with Crippen LogP contribution in [0.2, 0.25) is 5.02 Å². The summed E-state index contributed by atoms with van der Waals surface area (Å²) in [5.74, 6) is 0.237. The number of ether oxygens (including phenoxy) is 1. The summed E-state index contributed by atoms with van der Waals surface area (Å²) in [6.07, 6.45) is 1.90. The van der Waals surface area contributed by atoms with Crippen molar-refractivity contribution >= 4 is 17.5 Å². The van der Waals surface area contributed by atoms with E-state index in [0.717, 1.165) is 5.56 Å². The maximum Gasteiger partial charge on any atom is 0.285 e. The summed E-state index contributed by atoms with van der Waals surface area (Å²) in [6.45, 7) is 0.522. The monoisotopic (exact) mass is 352 g/mol. The molecular formula is C20H17ClN2O2. The van der Waals surface area contributed by atoms with Crippen molar-refractivity contribution in [3.05, 3.63) is 95.1 Å². The molecule has 1 heterocycles. The van der Waals surface area contributed by atoms with E-state index in [0.29, 0.717) is 22.8 Å². The highest BCUT2D eigenvalue weighted by Crippen LogP contribution is 2.15. The first-order valence-corrected chi connectivity index (χ1v) is 8.24. The largest absolute Gasteiger partial charge is 0.484 e. The molecule has 0 atom stereocenters. The predicted molar refractivity (Wildman–Crippen MR) is 97.5 cm³/mol. The van der Waals surface area contributed by atoms with Crippen LogP contribution in [0.1, 0.15) is 5.56 Å². The molecule has 5 heteroatoms. The number of nitrogens with zero attached hydrogens (tertiary/aromatic N) is 2. The van der Waals surface area contributed by atoms with Gasteiger partial charge in [0.2, 0.25) is 0 Å². The summed E-state index contributed by atoms with van der Waals surface area (Å²) in [6, 6.07) is 22.5. The molecule has 3 aromatic rings. The van der Waals surface area contributed by atoms with Crippen LogP contribution in [0.15, 0.2) is 84.0 Å². The van der Waals surface area contributed by atoms with E-state index >= 15 is 0 Å². The highest BCUT2D eigenvalue weighted by molar-refractivity contribution is 6.30. The molecule has 0 fully saturated rings. The summed E-state index contributed by atoms with van der Waals surface area (Å²) < 4.78 is 7.37. The van der Waals surface area contributed by atoms with E-state index in [2.05, 4.69) is 4.99 Å². The van der Waals surface area contributed by atoms with Crippen molar-refractivity contribution in [1.82, 2.24) is 4.57 Å². The second-order valence-corrected chi connectivity index (χ2v) is 5.86. The molecule has 0 bridgehead atoms. The summed E-state index contributed by atoms with van der Waals surface area (Å²) in [4.78, 5) is 16.3. The maximum atomic E-state index is 12.1. The minimum absolute atomic E-state index is 0.123. The summed E-state index contributed by atoms with van der Waals surface area (Å²) in [7, 11) is 0. The third-order valence-corrected chi connectivity index (χ3v) is 3.78. The van der Waals surface area contributed by atoms with Gasteiger partial charge in [-0.25, -0.2) is 0 Å². The molecule has 0 aliphatic carbocycles. The highest BCUT2D eigenvalue weighted by atomic mass is 35.5. The standard InChI is InChI=1S/C20H17ClN2O2/c21-17-9-11-18(12-10-17)25-15-20(24)22-19-8-4-5-13-23(19)14-16-6-2-1-3-7-16/h1-13H,14-15H2. The lowest BCUT2D eigenvalue weighted by molar-refractivity contribution is -0.120. The zero-order valence-electron chi connectivity index (χ0n) is 13.5. The van der Waals surface area contributed by atoms with E-state index in [1.54, 1.807) is 24.3 Å². The van der Waals surface area contributed by atoms with Gasteiger partial charge in [-0.05, 0) is 42.0 Å². The molecule has 0 N–H and O–H groups in total. The Morgan fingerprint density at radius 1 is 0.960 bits per heavy atom. The molecule has 0 aliphatic heterocycles. The van der Waals surface area contributed by atoms with Crippen molar-refractivity contribution in [3.63, 3.8) is 0 Å². The van der Waals surface area contributed by atoms with Crippen LogP contribution in [0.25, 0.3) is 0 Å². The average Bonchev–Trinajstić information content (AvgIpc) is 2.64. The second-order valence-electron chi connectivity index (χ2n) is 5.42. The van der Waals surface area contributed by atoms with E-state index in [-0.39, 0.29) is 12.5 Å². The number of benzene rings is 2. The third-order valence-electron chi connectivity index (χ3n) is 3.53. The second kappa shape index (κ2) is 8.31. The zero-order valence-corrected chi connectivity index (χ0v) is 14.3. The topological polar surface area (TPSA) is 43.6 Å². The average molecular weight is 353 g/mol. The molecule has 0 radical (unpaired) electrons. The molecule has 4 nitrogen and oxygen atoms in total. The van der Waals surface area contributed by atoms with Crippen molar-refractivity contribution in [3.8, 4) is 5.75 Å². The molecule has 25 heavy (non-hydrogen) atoms. The van der Waals surface area contributed by atoms with E-state index in [1.165, 1.54) is 0 Å². The van der Waals surface area contributed by atoms with Crippen LogP contribution >= 0.6 is 11.6 Å². The molecular weight excluding hydrogens is 336 g/mol. The van der Waals surface area contributed by atoms with Gasteiger partial charge in [-0.1, -0.05) is 48.0 Å². The first-order valence-electron chi connectivity index (χ1n) is 7.86. The predicted octanol–water partition coefficient (Wildman–Crippen LogP) is 3.70. The number of carbonyl (C=O) groups is 1. The van der Waals surface area contributed by atoms with E-state index in [9.17, 15) is 4.79 Å². The Balaban J connectivity index is 1.72. The molecule has 2 aromatic carbocycles. The van der Waals surface area contributed by atoms with Crippen molar-refractivity contribution < 1.29 is 9.53 Å². The minimum Gasteiger partial charge on any atom is -0.484 e. The quantitative estimate of drug-likeness (QED) is 0.702. The molecule has 1 aromatic heterocycles. The summed E-state index contributed by atoms with van der Waals surface area (Å²) >= 11 is 5.82. The lowest BCUT2D eigenvalue weighted by Gasteiger charge is -2.07. The molecule has 0 aliphatic rings. The van der Waals surface area contributed by atoms with Crippen LogP contribution < -0.4 is 10.2 Å². The number of carbonyl (C=O) groups excluding carboxylic acids is 1. The van der Waals surface area contributed by atoms with Crippen molar-refractivity contribution in [1.29, 1.82) is 0 Å². The Morgan fingerprint density at radius 3 is 2.44 bits per heavy atom. The van der Waals surface area contributed by atoms with Crippen LogP contribution in [-0.2, 0) is 11.3 Å². The summed E-state index contributed by atoms with van der Waals surface area (Å²) in [5, 5.41) is 0.620. The number of hydrogen-bond donors (Lipinski definition) is 0. The fraction of sp³-hybridized carbons (Fsp3) is 0.100. The number of aromatic nitrogens is 1. The fourth-order valence-electron chi connectivity index (χ4n) is 2.32. The molecule has 126 valence electrons. The van der Waals surface area contributed by atoms with Crippen LogP contribution in [0.4, 0.5) is 0 Å². The summed E-state index contributed by atoms with van der Waals surface area (Å²) in [5.41, 5.74) is 1.73. The number of amides is 1. The molecule has 0 saturated heterocycles. The normalized spacial score (nSPS) is 11.3. The van der Waals surface area contributed by atoms with Crippen molar-refractivity contribution in [2.24, 2.45) is 4.99 Å². The van der Waals surface area contributed by atoms with Gasteiger partial charge in [0.05, 0.1) is 0 Å². The van der Waals surface area contributed by atoms with Crippen molar-refractivity contribution in [2.45, 2.75) is 6.54 Å². The third kappa shape index (κ3) is 5.06. The van der Waals surface area contributed by atoms with Crippen LogP contribution in [-0.4, -0.2) is 17.1 Å². The minimum atomic E-state index is -0.344. The Labute approximate surface area is 151 Å². The van der Waals surface area contributed by atoms with Gasteiger partial charge >= 0.3 is 0 Å². The van der Waals surface area contributed by atoms with E-state index in [4.69, 9.17) is 16.3 Å². The highest BCUT2D eigenvalue weighted by Gasteiger charge is 2.03. The van der Waals surface area contributed by atoms with E-state index < -0.39 is 0 Å². The van der Waals surface area contributed by atoms with Gasteiger partial charge in [0.1, 0.15) is 11.2 Å². The molecule has 0 spiro atoms. The Kier molecular flexibility index (Phi) is 5.65. The van der Waals surface area contributed by atoms with Crippen LogP contribution in [0.3, 0.4) is 0 Å². The van der Waals surface area contributed by atoms with Gasteiger partial charge < -0.3 is 9.30 Å². The molecule has 0 saturated carbocycles. The van der Waals surface area contributed by atoms with Crippen LogP contribution in [0, 0.1) is 0 Å². The maximum absolute atomic E-state index is 12.1. The molecule has 1 amide bonds. The number of hydrogen-bond acceptors (Lipinski definition) is 2. The Morgan fingerprint density at radius 2 is 1.68 bits per heavy atom. The Hall–Kier alpha value is -2.85. The first-order chi connectivity index (χ1) is 12.2. The lowest BCUT2D eigenvalue weighted by Crippen LogP contribution is -2.23. The van der Waals surface area contributed by atoms with Gasteiger partial charge in [0.25, 0.3) is 5.91 Å². The van der Waals surface area contributed by atoms with Gasteiger partial charge in [-0.15, -0.1) is 0 Å². The van der Waals surface area contributed by atoms with E-state index in [1.807, 2.05) is 59.3 Å². The van der Waals surface area contributed by atoms with Gasteiger partial charge in [0, 0.05) is 17.8 Å². The number of halogens is 1. The van der Waals surface area contributed by atoms with Crippen molar-refractivity contribution in [2.75, 3.05) is 6.61 Å². The number of rotatable bonds is 5. The smallest absolute Gasteiger partial charge is 0.285 e. The number of pyridine rings is 1. The zero-order chi connectivity index (χ0) is 17.5. The SMILES string of the molecule is O=C(COc1ccc(Cl)cc1)N=c1ccccn1Cc1ccccc1. The van der Waals surface area contributed by atoms with Crippen LogP contribution in [0.5, 0.6) is 5.75 Å². The Bertz CT molecular complexity index is 903.